The maximum atomic E-state index is 6.05. The van der Waals surface area contributed by atoms with Gasteiger partial charge in [0.2, 0.25) is 0 Å². The molecule has 3 nitrogen and oxygen atoms in total. The summed E-state index contributed by atoms with van der Waals surface area (Å²) in [7, 11) is 1.67. The Morgan fingerprint density at radius 1 is 1.04 bits per heavy atom. The number of thiophene rings is 1. The second kappa shape index (κ2) is 8.22. The molecule has 0 radical (unpaired) electrons. The standard InChI is InChI=1S/C19H18BrNO2S/c1-22-18-6-2-4-14(12-21-16-9-7-15(20)8-10-16)19(18)23-13-17-5-3-11-24-17/h2-11,21H,12-13H2,1H3. The van der Waals surface area contributed by atoms with Crippen LogP contribution in [0.15, 0.2) is 64.5 Å². The van der Waals surface area contributed by atoms with Gasteiger partial charge in [0.25, 0.3) is 0 Å². The summed E-state index contributed by atoms with van der Waals surface area (Å²) in [5.74, 6) is 1.54. The largest absolute Gasteiger partial charge is 0.493 e. The number of benzene rings is 2. The molecule has 0 bridgehead atoms. The van der Waals surface area contributed by atoms with Crippen molar-refractivity contribution in [2.24, 2.45) is 0 Å². The summed E-state index contributed by atoms with van der Waals surface area (Å²) in [6.45, 7) is 1.21. The molecule has 0 fully saturated rings. The summed E-state index contributed by atoms with van der Waals surface area (Å²) in [6.07, 6.45) is 0. The Bertz CT molecular complexity index is 773. The minimum absolute atomic E-state index is 0.545. The number of rotatable bonds is 7. The highest BCUT2D eigenvalue weighted by molar-refractivity contribution is 9.10. The summed E-state index contributed by atoms with van der Waals surface area (Å²) in [5, 5.41) is 5.47. The number of hydrogen-bond acceptors (Lipinski definition) is 4. The smallest absolute Gasteiger partial charge is 0.166 e. The molecule has 0 atom stereocenters. The first kappa shape index (κ1) is 16.9. The molecule has 3 rings (SSSR count). The molecule has 24 heavy (non-hydrogen) atoms. The number of halogens is 1. The average molecular weight is 404 g/mol. The molecule has 124 valence electrons. The van der Waals surface area contributed by atoms with Crippen molar-refractivity contribution in [3.8, 4) is 11.5 Å². The van der Waals surface area contributed by atoms with Crippen molar-refractivity contribution in [2.75, 3.05) is 12.4 Å². The lowest BCUT2D eigenvalue weighted by Gasteiger charge is -2.15. The van der Waals surface area contributed by atoms with Gasteiger partial charge in [-0.25, -0.2) is 0 Å². The fourth-order valence-electron chi connectivity index (χ4n) is 2.33. The predicted octanol–water partition coefficient (Wildman–Crippen LogP) is 5.71. The summed E-state index contributed by atoms with van der Waals surface area (Å²) in [4.78, 5) is 1.19. The van der Waals surface area contributed by atoms with Crippen LogP contribution < -0.4 is 14.8 Å². The van der Waals surface area contributed by atoms with E-state index in [0.717, 1.165) is 27.2 Å². The van der Waals surface area contributed by atoms with E-state index in [1.165, 1.54) is 4.88 Å². The minimum Gasteiger partial charge on any atom is -0.493 e. The van der Waals surface area contributed by atoms with E-state index in [0.29, 0.717) is 13.2 Å². The Hall–Kier alpha value is -1.98. The van der Waals surface area contributed by atoms with Crippen LogP contribution in [0, 0.1) is 0 Å². The quantitative estimate of drug-likeness (QED) is 0.547. The Morgan fingerprint density at radius 2 is 1.88 bits per heavy atom. The summed E-state index contributed by atoms with van der Waals surface area (Å²) >= 11 is 5.14. The van der Waals surface area contributed by atoms with Gasteiger partial charge in [-0.2, -0.15) is 0 Å². The first-order valence-electron chi connectivity index (χ1n) is 7.57. The SMILES string of the molecule is COc1cccc(CNc2ccc(Br)cc2)c1OCc1cccs1. The molecule has 3 aromatic rings. The van der Waals surface area contributed by atoms with Crippen LogP contribution in [0.2, 0.25) is 0 Å². The molecule has 0 aliphatic heterocycles. The maximum Gasteiger partial charge on any atom is 0.166 e. The lowest BCUT2D eigenvalue weighted by atomic mass is 10.1. The lowest BCUT2D eigenvalue weighted by Crippen LogP contribution is -2.04. The Labute approximate surface area is 154 Å². The van der Waals surface area contributed by atoms with Crippen LogP contribution in [-0.2, 0) is 13.2 Å². The van der Waals surface area contributed by atoms with Gasteiger partial charge in [0.15, 0.2) is 11.5 Å². The fraction of sp³-hybridized carbons (Fsp3) is 0.158. The molecule has 0 unspecified atom stereocenters. The van der Waals surface area contributed by atoms with Crippen molar-refractivity contribution in [1.82, 2.24) is 0 Å². The third kappa shape index (κ3) is 4.30. The van der Waals surface area contributed by atoms with Crippen molar-refractivity contribution in [3.05, 3.63) is 74.9 Å². The summed E-state index contributed by atoms with van der Waals surface area (Å²) in [5.41, 5.74) is 2.12. The first-order valence-corrected chi connectivity index (χ1v) is 9.24. The fourth-order valence-corrected chi connectivity index (χ4v) is 3.21. The van der Waals surface area contributed by atoms with Gasteiger partial charge in [0.05, 0.1) is 7.11 Å². The Morgan fingerprint density at radius 3 is 2.58 bits per heavy atom. The molecule has 1 heterocycles. The zero-order valence-corrected chi connectivity index (χ0v) is 15.7. The second-order valence-electron chi connectivity index (χ2n) is 5.18. The zero-order valence-electron chi connectivity index (χ0n) is 13.3. The molecule has 0 saturated heterocycles. The van der Waals surface area contributed by atoms with E-state index in [-0.39, 0.29) is 0 Å². The molecule has 1 aromatic heterocycles. The Kier molecular flexibility index (Phi) is 5.77. The van der Waals surface area contributed by atoms with Crippen molar-refractivity contribution in [1.29, 1.82) is 0 Å². The van der Waals surface area contributed by atoms with Crippen molar-refractivity contribution >= 4 is 33.0 Å². The van der Waals surface area contributed by atoms with E-state index in [4.69, 9.17) is 9.47 Å². The molecule has 0 aliphatic carbocycles. The van der Waals surface area contributed by atoms with E-state index in [2.05, 4.69) is 38.8 Å². The molecule has 2 aromatic carbocycles. The van der Waals surface area contributed by atoms with Crippen LogP contribution in [0.5, 0.6) is 11.5 Å². The lowest BCUT2D eigenvalue weighted by molar-refractivity contribution is 0.284. The van der Waals surface area contributed by atoms with Gasteiger partial charge in [-0.3, -0.25) is 0 Å². The molecule has 0 spiro atoms. The van der Waals surface area contributed by atoms with E-state index in [1.54, 1.807) is 18.4 Å². The predicted molar refractivity (Wildman–Crippen MR) is 103 cm³/mol. The van der Waals surface area contributed by atoms with Crippen molar-refractivity contribution in [2.45, 2.75) is 13.2 Å². The summed E-state index contributed by atoms with van der Waals surface area (Å²) in [6, 6.07) is 18.2. The molecular weight excluding hydrogens is 386 g/mol. The topological polar surface area (TPSA) is 30.5 Å². The van der Waals surface area contributed by atoms with Gasteiger partial charge >= 0.3 is 0 Å². The zero-order chi connectivity index (χ0) is 16.8. The van der Waals surface area contributed by atoms with Gasteiger partial charge in [-0.15, -0.1) is 11.3 Å². The van der Waals surface area contributed by atoms with E-state index in [9.17, 15) is 0 Å². The van der Waals surface area contributed by atoms with Crippen molar-refractivity contribution < 1.29 is 9.47 Å². The molecular formula is C19H18BrNO2S. The van der Waals surface area contributed by atoms with Gasteiger partial charge < -0.3 is 14.8 Å². The normalized spacial score (nSPS) is 10.4. The minimum atomic E-state index is 0.545. The second-order valence-corrected chi connectivity index (χ2v) is 7.12. The van der Waals surface area contributed by atoms with Crippen LogP contribution in [0.3, 0.4) is 0 Å². The van der Waals surface area contributed by atoms with E-state index in [1.807, 2.05) is 42.5 Å². The number of methoxy groups -OCH3 is 1. The average Bonchev–Trinajstić information content (AvgIpc) is 3.13. The third-order valence-electron chi connectivity index (χ3n) is 3.55. The molecule has 0 aliphatic rings. The van der Waals surface area contributed by atoms with Crippen LogP contribution in [0.4, 0.5) is 5.69 Å². The molecule has 5 heteroatoms. The number of nitrogens with one attached hydrogen (secondary N) is 1. The van der Waals surface area contributed by atoms with Gasteiger partial charge in [0, 0.05) is 27.1 Å². The highest BCUT2D eigenvalue weighted by Gasteiger charge is 2.11. The first-order chi connectivity index (χ1) is 11.8. The van der Waals surface area contributed by atoms with Crippen LogP contribution >= 0.6 is 27.3 Å². The number of anilines is 1. The van der Waals surface area contributed by atoms with E-state index < -0.39 is 0 Å². The van der Waals surface area contributed by atoms with Crippen LogP contribution in [0.25, 0.3) is 0 Å². The molecule has 1 N–H and O–H groups in total. The maximum absolute atomic E-state index is 6.05. The summed E-state index contributed by atoms with van der Waals surface area (Å²) < 4.78 is 12.6. The van der Waals surface area contributed by atoms with Crippen LogP contribution in [-0.4, -0.2) is 7.11 Å². The monoisotopic (exact) mass is 403 g/mol. The highest BCUT2D eigenvalue weighted by atomic mass is 79.9. The van der Waals surface area contributed by atoms with Gasteiger partial charge in [-0.1, -0.05) is 34.1 Å². The van der Waals surface area contributed by atoms with Crippen molar-refractivity contribution in [3.63, 3.8) is 0 Å². The molecule has 0 amide bonds. The molecule has 0 saturated carbocycles. The van der Waals surface area contributed by atoms with Gasteiger partial charge in [0.1, 0.15) is 6.61 Å². The number of ether oxygens (including phenoxy) is 2. The van der Waals surface area contributed by atoms with Crippen LogP contribution in [0.1, 0.15) is 10.4 Å². The number of hydrogen-bond donors (Lipinski definition) is 1. The Balaban J connectivity index is 1.74. The third-order valence-corrected chi connectivity index (χ3v) is 4.92. The highest BCUT2D eigenvalue weighted by Crippen LogP contribution is 2.32. The van der Waals surface area contributed by atoms with Gasteiger partial charge in [-0.05, 0) is 41.8 Å². The number of para-hydroxylation sites is 1. The van der Waals surface area contributed by atoms with E-state index >= 15 is 0 Å².